The molecule has 0 fully saturated rings. The highest BCUT2D eigenvalue weighted by Crippen LogP contribution is 2.32. The van der Waals surface area contributed by atoms with Crippen LogP contribution in [0.15, 0.2) is 53.7 Å². The predicted molar refractivity (Wildman–Crippen MR) is 99.7 cm³/mol. The number of carbonyl (C=O) groups is 2. The summed E-state index contributed by atoms with van der Waals surface area (Å²) in [5, 5.41) is 3.85. The first-order valence-electron chi connectivity index (χ1n) is 8.39. The second kappa shape index (κ2) is 8.16. The van der Waals surface area contributed by atoms with Gasteiger partial charge in [0.2, 0.25) is 11.8 Å². The highest BCUT2D eigenvalue weighted by Gasteiger charge is 2.27. The van der Waals surface area contributed by atoms with Gasteiger partial charge in [0.15, 0.2) is 0 Å². The van der Waals surface area contributed by atoms with E-state index < -0.39 is 0 Å². The molecule has 1 aromatic carbocycles. The van der Waals surface area contributed by atoms with Crippen molar-refractivity contribution in [1.29, 1.82) is 0 Å². The Labute approximate surface area is 151 Å². The summed E-state index contributed by atoms with van der Waals surface area (Å²) in [6.45, 7) is 2.08. The van der Waals surface area contributed by atoms with E-state index in [1.165, 1.54) is 22.2 Å². The van der Waals surface area contributed by atoms with Crippen LogP contribution in [0.4, 0.5) is 5.69 Å². The van der Waals surface area contributed by atoms with Gasteiger partial charge >= 0.3 is 0 Å². The van der Waals surface area contributed by atoms with Gasteiger partial charge in [-0.15, -0.1) is 0 Å². The van der Waals surface area contributed by atoms with Gasteiger partial charge < -0.3 is 5.32 Å². The summed E-state index contributed by atoms with van der Waals surface area (Å²) in [7, 11) is 0. The van der Waals surface area contributed by atoms with Crippen LogP contribution in [0.25, 0.3) is 0 Å². The lowest BCUT2D eigenvalue weighted by Crippen LogP contribution is -2.46. The Balaban J connectivity index is 1.64. The van der Waals surface area contributed by atoms with Gasteiger partial charge in [0, 0.05) is 12.2 Å². The van der Waals surface area contributed by atoms with Gasteiger partial charge in [0.05, 0.1) is 11.4 Å². The van der Waals surface area contributed by atoms with Gasteiger partial charge in [-0.3, -0.25) is 14.5 Å². The quantitative estimate of drug-likeness (QED) is 0.865. The van der Waals surface area contributed by atoms with Gasteiger partial charge in [0.25, 0.3) is 0 Å². The third kappa shape index (κ3) is 4.39. The highest BCUT2D eigenvalue weighted by molar-refractivity contribution is 8.00. The predicted octanol–water partition coefficient (Wildman–Crippen LogP) is 2.66. The topological polar surface area (TPSA) is 62.3 Å². The van der Waals surface area contributed by atoms with E-state index in [0.29, 0.717) is 5.75 Å². The van der Waals surface area contributed by atoms with E-state index in [4.69, 9.17) is 0 Å². The number of pyridine rings is 1. The fraction of sp³-hybridized carbons (Fsp3) is 0.316. The fourth-order valence-electron chi connectivity index (χ4n) is 2.83. The molecule has 2 heterocycles. The molecule has 0 spiro atoms. The van der Waals surface area contributed by atoms with Crippen LogP contribution in [0.3, 0.4) is 0 Å². The summed E-state index contributed by atoms with van der Waals surface area (Å²) in [4.78, 5) is 30.5. The van der Waals surface area contributed by atoms with Crippen LogP contribution in [0.5, 0.6) is 0 Å². The number of rotatable bonds is 6. The standard InChI is InChI=1S/C19H21N3O2S/c1-2-15(11-14-7-4-3-5-8-14)21-17(23)12-22-16-9-6-10-20-19(16)25-13-18(22)24/h3-10,15H,2,11-13H2,1H3,(H,21,23)/t15-/m0/s1. The SMILES string of the molecule is CC[C@@H](Cc1ccccc1)NC(=O)CN1C(=O)CSc2ncccc21. The molecule has 0 saturated heterocycles. The van der Waals surface area contributed by atoms with Crippen molar-refractivity contribution in [2.75, 3.05) is 17.2 Å². The first-order chi connectivity index (χ1) is 12.2. The van der Waals surface area contributed by atoms with Gasteiger partial charge in [-0.1, -0.05) is 49.0 Å². The van der Waals surface area contributed by atoms with E-state index in [1.54, 1.807) is 12.3 Å². The molecule has 1 N–H and O–H groups in total. The minimum Gasteiger partial charge on any atom is -0.351 e. The molecule has 0 unspecified atom stereocenters. The highest BCUT2D eigenvalue weighted by atomic mass is 32.2. The molecule has 0 bridgehead atoms. The van der Waals surface area contributed by atoms with Crippen molar-refractivity contribution >= 4 is 29.3 Å². The zero-order chi connectivity index (χ0) is 17.6. The minimum atomic E-state index is -0.141. The molecule has 5 nitrogen and oxygen atoms in total. The number of aromatic nitrogens is 1. The molecular formula is C19H21N3O2S. The van der Waals surface area contributed by atoms with Crippen molar-refractivity contribution in [2.45, 2.75) is 30.8 Å². The van der Waals surface area contributed by atoms with Crippen LogP contribution in [0.2, 0.25) is 0 Å². The van der Waals surface area contributed by atoms with E-state index in [1.807, 2.05) is 24.3 Å². The summed E-state index contributed by atoms with van der Waals surface area (Å²) < 4.78 is 0. The molecule has 2 aromatic rings. The molecule has 130 valence electrons. The second-order valence-electron chi connectivity index (χ2n) is 5.96. The number of carbonyl (C=O) groups excluding carboxylic acids is 2. The Kier molecular flexibility index (Phi) is 5.71. The molecule has 2 amide bonds. The van der Waals surface area contributed by atoms with Gasteiger partial charge in [0.1, 0.15) is 11.6 Å². The fourth-order valence-corrected chi connectivity index (χ4v) is 3.71. The molecule has 1 aliphatic rings. The van der Waals surface area contributed by atoms with Crippen molar-refractivity contribution < 1.29 is 9.59 Å². The van der Waals surface area contributed by atoms with E-state index in [2.05, 4.69) is 29.4 Å². The Morgan fingerprint density at radius 1 is 1.28 bits per heavy atom. The number of hydrogen-bond acceptors (Lipinski definition) is 4. The van der Waals surface area contributed by atoms with Crippen LogP contribution in [0, 0.1) is 0 Å². The first kappa shape index (κ1) is 17.5. The smallest absolute Gasteiger partial charge is 0.240 e. The average Bonchev–Trinajstić information content (AvgIpc) is 2.64. The summed E-state index contributed by atoms with van der Waals surface area (Å²) in [6.07, 6.45) is 3.32. The first-order valence-corrected chi connectivity index (χ1v) is 9.37. The third-order valence-corrected chi connectivity index (χ3v) is 5.14. The number of fused-ring (bicyclic) bond motifs is 1. The van der Waals surface area contributed by atoms with Gasteiger partial charge in [-0.25, -0.2) is 4.98 Å². The number of nitrogens with one attached hydrogen (secondary N) is 1. The maximum Gasteiger partial charge on any atom is 0.240 e. The molecule has 0 saturated carbocycles. The number of benzene rings is 1. The molecule has 3 rings (SSSR count). The molecule has 25 heavy (non-hydrogen) atoms. The molecule has 1 aromatic heterocycles. The van der Waals surface area contributed by atoms with Gasteiger partial charge in [-0.2, -0.15) is 0 Å². The van der Waals surface area contributed by atoms with Crippen LogP contribution in [-0.2, 0) is 16.0 Å². The number of hydrogen-bond donors (Lipinski definition) is 1. The molecular weight excluding hydrogens is 334 g/mol. The second-order valence-corrected chi connectivity index (χ2v) is 6.92. The van der Waals surface area contributed by atoms with E-state index in [0.717, 1.165) is 23.6 Å². The summed E-state index contributed by atoms with van der Waals surface area (Å²) in [5.41, 5.74) is 1.91. The monoisotopic (exact) mass is 355 g/mol. The minimum absolute atomic E-state index is 0.0311. The van der Waals surface area contributed by atoms with Gasteiger partial charge in [-0.05, 0) is 30.5 Å². The van der Waals surface area contributed by atoms with E-state index in [-0.39, 0.29) is 24.4 Å². The van der Waals surface area contributed by atoms with Crippen molar-refractivity contribution in [1.82, 2.24) is 10.3 Å². The molecule has 1 atom stereocenters. The normalized spacial score (nSPS) is 14.8. The Hall–Kier alpha value is -2.34. The molecule has 6 heteroatoms. The van der Waals surface area contributed by atoms with E-state index in [9.17, 15) is 9.59 Å². The lowest BCUT2D eigenvalue weighted by molar-refractivity contribution is -0.123. The van der Waals surface area contributed by atoms with E-state index >= 15 is 0 Å². The Bertz CT molecular complexity index is 751. The Morgan fingerprint density at radius 3 is 2.84 bits per heavy atom. The maximum atomic E-state index is 12.5. The van der Waals surface area contributed by atoms with Crippen LogP contribution >= 0.6 is 11.8 Å². The summed E-state index contributed by atoms with van der Waals surface area (Å²) in [5.74, 6) is 0.119. The van der Waals surface area contributed by atoms with Crippen LogP contribution in [0.1, 0.15) is 18.9 Å². The number of amides is 2. The summed E-state index contributed by atoms with van der Waals surface area (Å²) in [6, 6.07) is 13.8. The zero-order valence-corrected chi connectivity index (χ0v) is 15.0. The lowest BCUT2D eigenvalue weighted by atomic mass is 10.0. The van der Waals surface area contributed by atoms with Crippen molar-refractivity contribution in [3.8, 4) is 0 Å². The Morgan fingerprint density at radius 2 is 2.08 bits per heavy atom. The molecule has 1 aliphatic heterocycles. The van der Waals surface area contributed by atoms with Crippen LogP contribution < -0.4 is 10.2 Å². The zero-order valence-electron chi connectivity index (χ0n) is 14.1. The average molecular weight is 355 g/mol. The van der Waals surface area contributed by atoms with Crippen LogP contribution in [-0.4, -0.2) is 35.1 Å². The largest absolute Gasteiger partial charge is 0.351 e. The third-order valence-electron chi connectivity index (χ3n) is 4.16. The van der Waals surface area contributed by atoms with Crippen molar-refractivity contribution in [3.05, 3.63) is 54.2 Å². The molecule has 0 aliphatic carbocycles. The van der Waals surface area contributed by atoms with Crippen molar-refractivity contribution in [3.63, 3.8) is 0 Å². The summed E-state index contributed by atoms with van der Waals surface area (Å²) >= 11 is 1.41. The lowest BCUT2D eigenvalue weighted by Gasteiger charge is -2.28. The maximum absolute atomic E-state index is 12.5. The number of nitrogens with zero attached hydrogens (tertiary/aromatic N) is 2. The number of thioether (sulfide) groups is 1. The van der Waals surface area contributed by atoms with Crippen molar-refractivity contribution in [2.24, 2.45) is 0 Å². The number of anilines is 1. The molecule has 0 radical (unpaired) electrons.